The molecule has 1 aliphatic rings. The fraction of sp³-hybridized carbons (Fsp3) is 0.160. The van der Waals surface area contributed by atoms with Gasteiger partial charge in [-0.3, -0.25) is 14.5 Å². The smallest absolute Gasteiger partial charge is 0.238 e. The van der Waals surface area contributed by atoms with Crippen molar-refractivity contribution in [2.24, 2.45) is 5.92 Å². The van der Waals surface area contributed by atoms with Crippen LogP contribution in [0.5, 0.6) is 5.75 Å². The summed E-state index contributed by atoms with van der Waals surface area (Å²) in [5.74, 6) is -0.106. The summed E-state index contributed by atoms with van der Waals surface area (Å²) in [4.78, 5) is 34.7. The Balaban J connectivity index is 1.50. The molecule has 0 bridgehead atoms. The van der Waals surface area contributed by atoms with Crippen molar-refractivity contribution < 1.29 is 14.3 Å². The van der Waals surface area contributed by atoms with Gasteiger partial charge in [-0.25, -0.2) is 4.98 Å². The lowest BCUT2D eigenvalue weighted by atomic mass is 10.1. The van der Waals surface area contributed by atoms with Gasteiger partial charge in [-0.05, 0) is 36.4 Å². The standard InChI is InChI=1S/C25H21N3O3S/c1-31-21-13-7-6-12-20(21)27-16-17(15-23(27)29)24(30)28(18-9-3-2-4-10-18)25-26-19-11-5-8-14-22(19)32-25/h2-14,17H,15-16H2,1H3. The Morgan fingerprint density at radius 1 is 1.03 bits per heavy atom. The van der Waals surface area contributed by atoms with Crippen LogP contribution in [0.25, 0.3) is 10.2 Å². The molecule has 160 valence electrons. The number of fused-ring (bicyclic) bond motifs is 1. The zero-order valence-corrected chi connectivity index (χ0v) is 18.3. The lowest BCUT2D eigenvalue weighted by molar-refractivity contribution is -0.123. The normalized spacial score (nSPS) is 15.8. The molecule has 5 rings (SSSR count). The van der Waals surface area contributed by atoms with Crippen molar-refractivity contribution in [1.29, 1.82) is 0 Å². The second kappa shape index (κ2) is 8.43. The van der Waals surface area contributed by atoms with Gasteiger partial charge in [-0.1, -0.05) is 53.8 Å². The minimum atomic E-state index is -0.486. The molecule has 1 atom stereocenters. The zero-order valence-electron chi connectivity index (χ0n) is 17.5. The molecule has 1 aliphatic heterocycles. The van der Waals surface area contributed by atoms with Crippen LogP contribution in [0.2, 0.25) is 0 Å². The number of carbonyl (C=O) groups is 2. The molecular weight excluding hydrogens is 422 g/mol. The first-order valence-electron chi connectivity index (χ1n) is 10.3. The van der Waals surface area contributed by atoms with Crippen LogP contribution >= 0.6 is 11.3 Å². The van der Waals surface area contributed by atoms with Crippen molar-refractivity contribution in [3.05, 3.63) is 78.9 Å². The lowest BCUT2D eigenvalue weighted by Crippen LogP contribution is -2.34. The van der Waals surface area contributed by atoms with Crippen LogP contribution in [0.15, 0.2) is 78.9 Å². The van der Waals surface area contributed by atoms with Gasteiger partial charge in [0.25, 0.3) is 0 Å². The number of ether oxygens (including phenoxy) is 1. The molecule has 1 fully saturated rings. The number of benzene rings is 3. The molecule has 1 saturated heterocycles. The number of amides is 2. The first-order valence-corrected chi connectivity index (χ1v) is 11.2. The molecule has 0 aliphatic carbocycles. The van der Waals surface area contributed by atoms with Gasteiger partial charge in [0, 0.05) is 13.0 Å². The maximum absolute atomic E-state index is 13.8. The number of para-hydroxylation sites is 4. The Hall–Kier alpha value is -3.71. The molecule has 6 nitrogen and oxygen atoms in total. The Kier molecular flexibility index (Phi) is 5.33. The number of methoxy groups -OCH3 is 1. The average Bonchev–Trinajstić information content (AvgIpc) is 3.43. The summed E-state index contributed by atoms with van der Waals surface area (Å²) in [6, 6.07) is 24.7. The molecular formula is C25H21N3O3S. The first-order chi connectivity index (χ1) is 15.7. The van der Waals surface area contributed by atoms with Crippen LogP contribution in [0.4, 0.5) is 16.5 Å². The predicted molar refractivity (Wildman–Crippen MR) is 127 cm³/mol. The molecule has 32 heavy (non-hydrogen) atoms. The Bertz CT molecular complexity index is 1250. The number of hydrogen-bond donors (Lipinski definition) is 0. The van der Waals surface area contributed by atoms with E-state index >= 15 is 0 Å². The highest BCUT2D eigenvalue weighted by Gasteiger charge is 2.39. The van der Waals surface area contributed by atoms with Gasteiger partial charge >= 0.3 is 0 Å². The molecule has 1 unspecified atom stereocenters. The van der Waals surface area contributed by atoms with Gasteiger partial charge < -0.3 is 9.64 Å². The Labute approximate surface area is 189 Å². The number of aromatic nitrogens is 1. The van der Waals surface area contributed by atoms with E-state index in [4.69, 9.17) is 9.72 Å². The lowest BCUT2D eigenvalue weighted by Gasteiger charge is -2.24. The fourth-order valence-electron chi connectivity index (χ4n) is 4.01. The third kappa shape index (κ3) is 3.61. The van der Waals surface area contributed by atoms with Gasteiger partial charge in [0.1, 0.15) is 5.75 Å². The number of carbonyl (C=O) groups excluding carboxylic acids is 2. The van der Waals surface area contributed by atoms with Gasteiger partial charge in [0.15, 0.2) is 5.13 Å². The largest absolute Gasteiger partial charge is 0.495 e. The van der Waals surface area contributed by atoms with Crippen LogP contribution < -0.4 is 14.5 Å². The third-order valence-corrected chi connectivity index (χ3v) is 6.58. The number of hydrogen-bond acceptors (Lipinski definition) is 5. The number of thiazole rings is 1. The SMILES string of the molecule is COc1ccccc1N1CC(C(=O)N(c2ccccc2)c2nc3ccccc3s2)CC1=O. The molecule has 0 spiro atoms. The van der Waals surface area contributed by atoms with Gasteiger partial charge in [-0.2, -0.15) is 0 Å². The summed E-state index contributed by atoms with van der Waals surface area (Å²) in [5.41, 5.74) is 2.26. The summed E-state index contributed by atoms with van der Waals surface area (Å²) >= 11 is 1.47. The van der Waals surface area contributed by atoms with E-state index in [2.05, 4.69) is 0 Å². The summed E-state index contributed by atoms with van der Waals surface area (Å²) < 4.78 is 6.43. The van der Waals surface area contributed by atoms with Gasteiger partial charge in [0.2, 0.25) is 11.8 Å². The van der Waals surface area contributed by atoms with E-state index in [0.717, 1.165) is 15.9 Å². The monoisotopic (exact) mass is 443 g/mol. The van der Waals surface area contributed by atoms with Gasteiger partial charge in [0.05, 0.1) is 34.6 Å². The van der Waals surface area contributed by atoms with E-state index in [1.807, 2.05) is 78.9 Å². The third-order valence-electron chi connectivity index (χ3n) is 5.56. The molecule has 0 saturated carbocycles. The fourth-order valence-corrected chi connectivity index (χ4v) is 5.00. The predicted octanol–water partition coefficient (Wildman–Crippen LogP) is 5.02. The highest BCUT2D eigenvalue weighted by atomic mass is 32.1. The van der Waals surface area contributed by atoms with Gasteiger partial charge in [-0.15, -0.1) is 0 Å². The quantitative estimate of drug-likeness (QED) is 0.434. The Morgan fingerprint density at radius 3 is 2.53 bits per heavy atom. The number of anilines is 3. The van der Waals surface area contributed by atoms with Crippen molar-refractivity contribution in [2.45, 2.75) is 6.42 Å². The molecule has 7 heteroatoms. The van der Waals surface area contributed by atoms with Crippen LogP contribution in [0.1, 0.15) is 6.42 Å². The average molecular weight is 444 g/mol. The summed E-state index contributed by atoms with van der Waals surface area (Å²) in [7, 11) is 1.58. The second-order valence-electron chi connectivity index (χ2n) is 7.55. The van der Waals surface area contributed by atoms with Crippen LogP contribution in [0, 0.1) is 5.92 Å². The molecule has 4 aromatic rings. The van der Waals surface area contributed by atoms with Crippen LogP contribution in [-0.2, 0) is 9.59 Å². The van der Waals surface area contributed by atoms with E-state index in [0.29, 0.717) is 23.1 Å². The molecule has 0 radical (unpaired) electrons. The van der Waals surface area contributed by atoms with E-state index in [1.165, 1.54) is 11.3 Å². The van der Waals surface area contributed by atoms with Crippen molar-refractivity contribution in [2.75, 3.05) is 23.5 Å². The molecule has 3 aromatic carbocycles. The van der Waals surface area contributed by atoms with Crippen molar-refractivity contribution in [3.8, 4) is 5.75 Å². The van der Waals surface area contributed by atoms with Crippen LogP contribution in [-0.4, -0.2) is 30.5 Å². The van der Waals surface area contributed by atoms with Crippen molar-refractivity contribution >= 4 is 49.9 Å². The van der Waals surface area contributed by atoms with E-state index in [1.54, 1.807) is 16.9 Å². The minimum Gasteiger partial charge on any atom is -0.495 e. The number of rotatable bonds is 5. The van der Waals surface area contributed by atoms with E-state index in [-0.39, 0.29) is 18.2 Å². The van der Waals surface area contributed by atoms with E-state index in [9.17, 15) is 9.59 Å². The maximum atomic E-state index is 13.8. The first kappa shape index (κ1) is 20.2. The second-order valence-corrected chi connectivity index (χ2v) is 8.56. The molecule has 1 aromatic heterocycles. The molecule has 2 amide bonds. The highest BCUT2D eigenvalue weighted by Crippen LogP contribution is 2.38. The molecule has 0 N–H and O–H groups in total. The maximum Gasteiger partial charge on any atom is 0.238 e. The summed E-state index contributed by atoms with van der Waals surface area (Å²) in [6.45, 7) is 0.298. The molecule has 2 heterocycles. The topological polar surface area (TPSA) is 62.7 Å². The van der Waals surface area contributed by atoms with E-state index < -0.39 is 5.92 Å². The summed E-state index contributed by atoms with van der Waals surface area (Å²) in [6.07, 6.45) is 0.144. The minimum absolute atomic E-state index is 0.0924. The highest BCUT2D eigenvalue weighted by molar-refractivity contribution is 7.22. The zero-order chi connectivity index (χ0) is 22.1. The van der Waals surface area contributed by atoms with Crippen molar-refractivity contribution in [3.63, 3.8) is 0 Å². The van der Waals surface area contributed by atoms with Crippen LogP contribution in [0.3, 0.4) is 0 Å². The summed E-state index contributed by atoms with van der Waals surface area (Å²) in [5, 5.41) is 0.602. The Morgan fingerprint density at radius 2 is 1.75 bits per heavy atom. The number of nitrogens with zero attached hydrogens (tertiary/aromatic N) is 3. The van der Waals surface area contributed by atoms with Crippen molar-refractivity contribution in [1.82, 2.24) is 4.98 Å².